The Balaban J connectivity index is 0.00000109. The van der Waals surface area contributed by atoms with Gasteiger partial charge in [-0.05, 0) is 36.5 Å². The van der Waals surface area contributed by atoms with Gasteiger partial charge in [0.15, 0.2) is 5.76 Å². The lowest BCUT2D eigenvalue weighted by Gasteiger charge is -2.11. The van der Waals surface area contributed by atoms with Crippen molar-refractivity contribution in [2.24, 2.45) is 0 Å². The first-order chi connectivity index (χ1) is 13.5. The first kappa shape index (κ1) is 19.7. The monoisotopic (exact) mass is 378 g/mol. The SMILES string of the molecule is CC.CNc1c(C)noc1-c1ccc(-c2ccc(C3(C(=O)O)CC3)cc2)cc1. The van der Waals surface area contributed by atoms with Gasteiger partial charge in [0.2, 0.25) is 0 Å². The number of nitrogens with zero attached hydrogens (tertiary/aromatic N) is 1. The van der Waals surface area contributed by atoms with Crippen molar-refractivity contribution in [3.05, 3.63) is 59.8 Å². The Labute approximate surface area is 165 Å². The minimum atomic E-state index is -0.725. The molecule has 2 N–H and O–H groups in total. The van der Waals surface area contributed by atoms with Crippen LogP contribution in [0, 0.1) is 6.92 Å². The Bertz CT molecular complexity index is 953. The Kier molecular flexibility index (Phi) is 5.54. The quantitative estimate of drug-likeness (QED) is 0.613. The molecule has 0 amide bonds. The molecule has 1 saturated carbocycles. The summed E-state index contributed by atoms with van der Waals surface area (Å²) >= 11 is 0. The second kappa shape index (κ2) is 7.89. The van der Waals surface area contributed by atoms with Gasteiger partial charge in [-0.1, -0.05) is 67.5 Å². The molecular weight excluding hydrogens is 352 g/mol. The number of anilines is 1. The van der Waals surface area contributed by atoms with E-state index in [9.17, 15) is 9.90 Å². The van der Waals surface area contributed by atoms with Gasteiger partial charge in [0.1, 0.15) is 11.4 Å². The number of carboxylic acids is 1. The number of nitrogens with one attached hydrogen (secondary N) is 1. The summed E-state index contributed by atoms with van der Waals surface area (Å²) in [5.41, 5.74) is 5.04. The highest BCUT2D eigenvalue weighted by Crippen LogP contribution is 2.48. The van der Waals surface area contributed by atoms with Gasteiger partial charge in [0, 0.05) is 12.6 Å². The van der Waals surface area contributed by atoms with E-state index in [1.54, 1.807) is 0 Å². The van der Waals surface area contributed by atoms with Gasteiger partial charge in [-0.25, -0.2) is 0 Å². The summed E-state index contributed by atoms with van der Waals surface area (Å²) < 4.78 is 5.43. The molecule has 0 aliphatic heterocycles. The van der Waals surface area contributed by atoms with Crippen LogP contribution in [0.3, 0.4) is 0 Å². The summed E-state index contributed by atoms with van der Waals surface area (Å²) in [5.74, 6) is 0.00122. The predicted octanol–water partition coefficient (Wildman–Crippen LogP) is 5.50. The highest BCUT2D eigenvalue weighted by molar-refractivity contribution is 5.85. The molecule has 1 heterocycles. The average Bonchev–Trinajstić information content (AvgIpc) is 3.47. The van der Waals surface area contributed by atoms with Crippen molar-refractivity contribution in [3.63, 3.8) is 0 Å². The third-order valence-corrected chi connectivity index (χ3v) is 5.19. The number of aromatic nitrogens is 1. The third-order valence-electron chi connectivity index (χ3n) is 5.19. The number of hydrogen-bond acceptors (Lipinski definition) is 4. The van der Waals surface area contributed by atoms with Gasteiger partial charge < -0.3 is 14.9 Å². The molecule has 0 spiro atoms. The summed E-state index contributed by atoms with van der Waals surface area (Å²) in [7, 11) is 1.85. The second-order valence-corrected chi connectivity index (χ2v) is 6.76. The highest BCUT2D eigenvalue weighted by atomic mass is 16.5. The molecule has 1 aromatic heterocycles. The molecule has 0 saturated heterocycles. The zero-order chi connectivity index (χ0) is 20.3. The standard InChI is InChI=1S/C21H20N2O3.C2H6/c1-13-18(22-2)19(26-23-13)16-5-3-14(4-6-16)15-7-9-17(10-8-15)21(11-12-21)20(24)25;1-2/h3-10,22H,11-12H2,1-2H3,(H,24,25);1-2H3. The number of carboxylic acid groups (broad SMARTS) is 1. The lowest BCUT2D eigenvalue weighted by Crippen LogP contribution is -2.19. The summed E-state index contributed by atoms with van der Waals surface area (Å²) in [6.45, 7) is 5.90. The zero-order valence-electron chi connectivity index (χ0n) is 16.7. The fourth-order valence-corrected chi connectivity index (χ4v) is 3.41. The van der Waals surface area contributed by atoms with E-state index in [0.29, 0.717) is 0 Å². The fraction of sp³-hybridized carbons (Fsp3) is 0.304. The van der Waals surface area contributed by atoms with Gasteiger partial charge in [-0.3, -0.25) is 4.79 Å². The van der Waals surface area contributed by atoms with Gasteiger partial charge in [-0.15, -0.1) is 0 Å². The first-order valence-electron chi connectivity index (χ1n) is 9.64. The van der Waals surface area contributed by atoms with Crippen molar-refractivity contribution in [2.45, 2.75) is 39.0 Å². The van der Waals surface area contributed by atoms with Crippen molar-refractivity contribution in [3.8, 4) is 22.5 Å². The van der Waals surface area contributed by atoms with Gasteiger partial charge >= 0.3 is 5.97 Å². The van der Waals surface area contributed by atoms with E-state index in [0.717, 1.165) is 52.2 Å². The number of carbonyl (C=O) groups is 1. The van der Waals surface area contributed by atoms with Crippen molar-refractivity contribution < 1.29 is 14.4 Å². The molecule has 28 heavy (non-hydrogen) atoms. The van der Waals surface area contributed by atoms with E-state index < -0.39 is 11.4 Å². The lowest BCUT2D eigenvalue weighted by molar-refractivity contribution is -0.140. The van der Waals surface area contributed by atoms with Crippen molar-refractivity contribution in [2.75, 3.05) is 12.4 Å². The molecule has 146 valence electrons. The molecule has 0 unspecified atom stereocenters. The maximum absolute atomic E-state index is 11.4. The number of aliphatic carboxylic acids is 1. The lowest BCUT2D eigenvalue weighted by atomic mass is 9.93. The van der Waals surface area contributed by atoms with E-state index in [1.807, 2.05) is 76.3 Å². The molecule has 4 rings (SSSR count). The molecule has 3 aromatic rings. The predicted molar refractivity (Wildman–Crippen MR) is 112 cm³/mol. The second-order valence-electron chi connectivity index (χ2n) is 6.76. The van der Waals surface area contributed by atoms with Gasteiger partial charge in [0.05, 0.1) is 5.41 Å². The molecule has 2 aromatic carbocycles. The summed E-state index contributed by atoms with van der Waals surface area (Å²) in [6, 6.07) is 15.9. The van der Waals surface area contributed by atoms with Crippen LogP contribution < -0.4 is 5.32 Å². The largest absolute Gasteiger partial charge is 0.481 e. The molecule has 1 aliphatic carbocycles. The van der Waals surface area contributed by atoms with E-state index in [1.165, 1.54) is 0 Å². The third kappa shape index (κ3) is 3.40. The highest BCUT2D eigenvalue weighted by Gasteiger charge is 2.51. The summed E-state index contributed by atoms with van der Waals surface area (Å²) in [4.78, 5) is 11.4. The van der Waals surface area contributed by atoms with Crippen LogP contribution in [0.15, 0.2) is 53.1 Å². The maximum atomic E-state index is 11.4. The summed E-state index contributed by atoms with van der Waals surface area (Å²) in [6.07, 6.45) is 1.45. The molecule has 0 radical (unpaired) electrons. The fourth-order valence-electron chi connectivity index (χ4n) is 3.41. The molecule has 1 aliphatic rings. The van der Waals surface area contributed by atoms with Crippen LogP contribution in [0.1, 0.15) is 37.9 Å². The van der Waals surface area contributed by atoms with E-state index in [2.05, 4.69) is 10.5 Å². The molecule has 1 fully saturated rings. The van der Waals surface area contributed by atoms with Crippen LogP contribution in [-0.4, -0.2) is 23.3 Å². The van der Waals surface area contributed by atoms with Crippen LogP contribution in [0.5, 0.6) is 0 Å². The topological polar surface area (TPSA) is 75.4 Å². The number of aryl methyl sites for hydroxylation is 1. The molecule has 0 bridgehead atoms. The van der Waals surface area contributed by atoms with Crippen LogP contribution in [0.4, 0.5) is 5.69 Å². The molecule has 5 nitrogen and oxygen atoms in total. The van der Waals surface area contributed by atoms with Gasteiger partial charge in [-0.2, -0.15) is 0 Å². The zero-order valence-corrected chi connectivity index (χ0v) is 16.7. The molecule has 5 heteroatoms. The van der Waals surface area contributed by atoms with E-state index >= 15 is 0 Å². The average molecular weight is 378 g/mol. The van der Waals surface area contributed by atoms with Crippen molar-refractivity contribution in [1.82, 2.24) is 5.16 Å². The molecular formula is C23H26N2O3. The maximum Gasteiger partial charge on any atom is 0.314 e. The van der Waals surface area contributed by atoms with Crippen molar-refractivity contribution >= 4 is 11.7 Å². The Morgan fingerprint density at radius 3 is 1.96 bits per heavy atom. The minimum Gasteiger partial charge on any atom is -0.481 e. The number of benzene rings is 2. The normalized spacial score (nSPS) is 14.0. The Morgan fingerprint density at radius 1 is 1.00 bits per heavy atom. The van der Waals surface area contributed by atoms with Crippen LogP contribution in [0.2, 0.25) is 0 Å². The Morgan fingerprint density at radius 2 is 1.50 bits per heavy atom. The van der Waals surface area contributed by atoms with Crippen LogP contribution >= 0.6 is 0 Å². The minimum absolute atomic E-state index is 0.657. The smallest absolute Gasteiger partial charge is 0.314 e. The Hall–Kier alpha value is -3.08. The van der Waals surface area contributed by atoms with Crippen molar-refractivity contribution in [1.29, 1.82) is 0 Å². The summed E-state index contributed by atoms with van der Waals surface area (Å²) in [5, 5.41) is 16.5. The number of hydrogen-bond donors (Lipinski definition) is 2. The first-order valence-corrected chi connectivity index (χ1v) is 9.64. The van der Waals surface area contributed by atoms with E-state index in [4.69, 9.17) is 4.52 Å². The number of rotatable bonds is 5. The van der Waals surface area contributed by atoms with Gasteiger partial charge in [0.25, 0.3) is 0 Å². The van der Waals surface area contributed by atoms with Crippen LogP contribution in [-0.2, 0) is 10.2 Å². The molecule has 0 atom stereocenters. The van der Waals surface area contributed by atoms with Crippen LogP contribution in [0.25, 0.3) is 22.5 Å². The van der Waals surface area contributed by atoms with E-state index in [-0.39, 0.29) is 0 Å².